The van der Waals surface area contributed by atoms with Gasteiger partial charge in [-0.15, -0.1) is 0 Å². The van der Waals surface area contributed by atoms with Crippen LogP contribution in [0.5, 0.6) is 5.75 Å². The van der Waals surface area contributed by atoms with Gasteiger partial charge in [0.25, 0.3) is 10.0 Å². The molecule has 2 heterocycles. The zero-order valence-corrected chi connectivity index (χ0v) is 15.8. The van der Waals surface area contributed by atoms with E-state index in [0.29, 0.717) is 11.6 Å². The summed E-state index contributed by atoms with van der Waals surface area (Å²) in [7, 11) is -2.79. The summed E-state index contributed by atoms with van der Waals surface area (Å²) >= 11 is 0. The van der Waals surface area contributed by atoms with E-state index in [0.717, 1.165) is 24.5 Å². The van der Waals surface area contributed by atoms with Gasteiger partial charge in [-0.2, -0.15) is 5.26 Å². The molecule has 0 atom stereocenters. The third-order valence-electron chi connectivity index (χ3n) is 4.82. The summed E-state index contributed by atoms with van der Waals surface area (Å²) in [4.78, 5) is 4.44. The van der Waals surface area contributed by atoms with Crippen LogP contribution in [0.25, 0.3) is 16.9 Å². The van der Waals surface area contributed by atoms with E-state index in [2.05, 4.69) is 4.98 Å². The number of primary sulfonamides is 1. The first-order valence-electron chi connectivity index (χ1n) is 8.62. The average Bonchev–Trinajstić information content (AvgIpc) is 3.41. The number of hydrogen-bond donors (Lipinski definition) is 1. The number of pyridine rings is 1. The summed E-state index contributed by atoms with van der Waals surface area (Å²) in [5, 5.41) is 14.1. The summed E-state index contributed by atoms with van der Waals surface area (Å²) in [5.74, 6) is 0.0242. The summed E-state index contributed by atoms with van der Waals surface area (Å²) < 4.78 is 45.8. The van der Waals surface area contributed by atoms with Crippen molar-refractivity contribution in [3.05, 3.63) is 47.4 Å². The van der Waals surface area contributed by atoms with Crippen molar-refractivity contribution >= 4 is 15.7 Å². The monoisotopic (exact) mass is 400 g/mol. The Hall–Kier alpha value is -2.96. The van der Waals surface area contributed by atoms with Gasteiger partial charge >= 0.3 is 0 Å². The molecule has 1 aromatic carbocycles. The van der Waals surface area contributed by atoms with Crippen LogP contribution in [-0.2, 0) is 16.4 Å². The Balaban J connectivity index is 2.00. The van der Waals surface area contributed by atoms with Gasteiger partial charge in [-0.3, -0.25) is 4.40 Å². The molecule has 144 valence electrons. The Bertz CT molecular complexity index is 1240. The smallest absolute Gasteiger partial charge is 0.256 e. The first-order valence-corrected chi connectivity index (χ1v) is 10.2. The lowest BCUT2D eigenvalue weighted by atomic mass is 10.1. The molecular formula is C19H17FN4O3S. The third kappa shape index (κ3) is 3.10. The van der Waals surface area contributed by atoms with Crippen molar-refractivity contribution in [1.29, 1.82) is 5.26 Å². The van der Waals surface area contributed by atoms with Crippen LogP contribution < -0.4 is 9.88 Å². The molecule has 9 heteroatoms. The van der Waals surface area contributed by atoms with Crippen LogP contribution in [0.15, 0.2) is 35.5 Å². The fraction of sp³-hybridized carbons (Fsp3) is 0.263. The van der Waals surface area contributed by atoms with Crippen molar-refractivity contribution in [3.63, 3.8) is 0 Å². The molecule has 1 fully saturated rings. The number of hydrogen-bond acceptors (Lipinski definition) is 5. The Morgan fingerprint density at radius 3 is 2.75 bits per heavy atom. The highest BCUT2D eigenvalue weighted by molar-refractivity contribution is 7.89. The van der Waals surface area contributed by atoms with E-state index in [9.17, 15) is 12.8 Å². The number of imidazole rings is 1. The van der Waals surface area contributed by atoms with Crippen molar-refractivity contribution in [2.45, 2.75) is 30.2 Å². The molecule has 7 nitrogen and oxygen atoms in total. The van der Waals surface area contributed by atoms with Crippen LogP contribution in [0, 0.1) is 17.1 Å². The van der Waals surface area contributed by atoms with Gasteiger partial charge in [0.15, 0.2) is 5.03 Å². The van der Waals surface area contributed by atoms with Gasteiger partial charge < -0.3 is 4.74 Å². The van der Waals surface area contributed by atoms with Gasteiger partial charge in [0, 0.05) is 17.3 Å². The molecule has 0 radical (unpaired) electrons. The minimum atomic E-state index is -4.17. The normalized spacial score (nSPS) is 14.2. The van der Waals surface area contributed by atoms with E-state index >= 15 is 0 Å². The second-order valence-corrected chi connectivity index (χ2v) is 8.23. The van der Waals surface area contributed by atoms with Gasteiger partial charge in [0.1, 0.15) is 22.9 Å². The number of nitriles is 1. The topological polar surface area (TPSA) is 110 Å². The summed E-state index contributed by atoms with van der Waals surface area (Å²) in [6.07, 6.45) is 3.66. The zero-order valence-electron chi connectivity index (χ0n) is 15.0. The Morgan fingerprint density at radius 1 is 1.39 bits per heavy atom. The molecule has 2 aromatic heterocycles. The zero-order chi connectivity index (χ0) is 20.1. The quantitative estimate of drug-likeness (QED) is 0.708. The highest BCUT2D eigenvalue weighted by Crippen LogP contribution is 2.41. The summed E-state index contributed by atoms with van der Waals surface area (Å²) in [6, 6.07) is 8.06. The molecule has 4 rings (SSSR count). The van der Waals surface area contributed by atoms with Crippen LogP contribution >= 0.6 is 0 Å². The van der Waals surface area contributed by atoms with E-state index in [1.54, 1.807) is 6.20 Å². The summed E-state index contributed by atoms with van der Waals surface area (Å²) in [6.45, 7) is 0. The standard InChI is InChI=1S/C19H17FN4O3S/c1-27-16-8-13(4-6-21)15(20)10-14(16)18-19(28(22,25)26)24-7-5-12(11-2-3-11)9-17(24)23-18/h5,7-11H,2-4H2,1H3,(H2,22,25,26). The minimum Gasteiger partial charge on any atom is -0.496 e. The molecule has 1 saturated carbocycles. The molecule has 0 spiro atoms. The van der Waals surface area contributed by atoms with Crippen LogP contribution in [0.3, 0.4) is 0 Å². The summed E-state index contributed by atoms with van der Waals surface area (Å²) in [5.41, 5.74) is 1.80. The number of halogens is 1. The van der Waals surface area contributed by atoms with Gasteiger partial charge in [0.05, 0.1) is 19.6 Å². The van der Waals surface area contributed by atoms with E-state index in [1.807, 2.05) is 18.2 Å². The van der Waals surface area contributed by atoms with E-state index in [4.69, 9.17) is 15.1 Å². The molecule has 0 aliphatic heterocycles. The molecule has 28 heavy (non-hydrogen) atoms. The number of aromatic nitrogens is 2. The number of nitrogens with two attached hydrogens (primary N) is 1. The van der Waals surface area contributed by atoms with Gasteiger partial charge in [-0.1, -0.05) is 0 Å². The molecule has 1 aliphatic carbocycles. The predicted octanol–water partition coefficient (Wildman–Crippen LogP) is 2.74. The Morgan fingerprint density at radius 2 is 2.14 bits per heavy atom. The first-order chi connectivity index (χ1) is 13.3. The van der Waals surface area contributed by atoms with Crippen molar-refractivity contribution in [1.82, 2.24) is 9.38 Å². The van der Waals surface area contributed by atoms with Crippen LogP contribution in [0.4, 0.5) is 4.39 Å². The highest BCUT2D eigenvalue weighted by Gasteiger charge is 2.28. The molecule has 0 unspecified atom stereocenters. The Kier molecular flexibility index (Phi) is 4.33. The van der Waals surface area contributed by atoms with Gasteiger partial charge in [-0.25, -0.2) is 22.9 Å². The molecule has 0 amide bonds. The number of nitrogens with zero attached hydrogens (tertiary/aromatic N) is 3. The lowest BCUT2D eigenvalue weighted by Crippen LogP contribution is -2.16. The van der Waals surface area contributed by atoms with E-state index in [-0.39, 0.29) is 34.0 Å². The van der Waals surface area contributed by atoms with Crippen LogP contribution in [-0.4, -0.2) is 24.9 Å². The van der Waals surface area contributed by atoms with Crippen LogP contribution in [0.1, 0.15) is 29.9 Å². The molecule has 0 bridgehead atoms. The van der Waals surface area contributed by atoms with Gasteiger partial charge in [-0.05, 0) is 48.6 Å². The minimum absolute atomic E-state index is 0.00899. The van der Waals surface area contributed by atoms with Crippen molar-refractivity contribution in [2.75, 3.05) is 7.11 Å². The maximum Gasteiger partial charge on any atom is 0.256 e. The first kappa shape index (κ1) is 18.4. The number of benzene rings is 1. The number of sulfonamides is 1. The fourth-order valence-electron chi connectivity index (χ4n) is 3.33. The number of fused-ring (bicyclic) bond motifs is 1. The molecular weight excluding hydrogens is 383 g/mol. The number of rotatable bonds is 5. The highest BCUT2D eigenvalue weighted by atomic mass is 32.2. The largest absolute Gasteiger partial charge is 0.496 e. The fourth-order valence-corrected chi connectivity index (χ4v) is 4.18. The molecule has 1 aliphatic rings. The van der Waals surface area contributed by atoms with Gasteiger partial charge in [0.2, 0.25) is 0 Å². The maximum absolute atomic E-state index is 14.5. The van der Waals surface area contributed by atoms with Crippen molar-refractivity contribution < 1.29 is 17.5 Å². The molecule has 2 N–H and O–H groups in total. The predicted molar refractivity (Wildman–Crippen MR) is 99.8 cm³/mol. The number of methoxy groups -OCH3 is 1. The maximum atomic E-state index is 14.5. The van der Waals surface area contributed by atoms with E-state index in [1.165, 1.54) is 17.6 Å². The number of ether oxygens (including phenoxy) is 1. The van der Waals surface area contributed by atoms with E-state index < -0.39 is 15.8 Å². The van der Waals surface area contributed by atoms with Crippen molar-refractivity contribution in [2.24, 2.45) is 5.14 Å². The van der Waals surface area contributed by atoms with Crippen molar-refractivity contribution in [3.8, 4) is 23.1 Å². The second-order valence-electron chi connectivity index (χ2n) is 6.75. The molecule has 0 saturated heterocycles. The second kappa shape index (κ2) is 6.58. The lowest BCUT2D eigenvalue weighted by molar-refractivity contribution is 0.414. The lowest BCUT2D eigenvalue weighted by Gasteiger charge is -2.10. The Labute approximate surface area is 161 Å². The van der Waals surface area contributed by atoms with Crippen LogP contribution in [0.2, 0.25) is 0 Å². The molecule has 3 aromatic rings. The average molecular weight is 400 g/mol. The third-order valence-corrected chi connectivity index (χ3v) is 5.75. The SMILES string of the molecule is COc1cc(CC#N)c(F)cc1-c1nc2cc(C3CC3)ccn2c1S(N)(=O)=O.